The Kier molecular flexibility index (Phi) is 6.51. The van der Waals surface area contributed by atoms with Gasteiger partial charge in [-0.3, -0.25) is 4.79 Å². The Hall–Kier alpha value is -2.90. The summed E-state index contributed by atoms with van der Waals surface area (Å²) in [7, 11) is 0. The van der Waals surface area contributed by atoms with Crippen molar-refractivity contribution in [3.8, 4) is 0 Å². The molecule has 0 unspecified atom stereocenters. The van der Waals surface area contributed by atoms with Crippen LogP contribution in [0, 0.1) is 5.82 Å². The summed E-state index contributed by atoms with van der Waals surface area (Å²) in [6.45, 7) is 0.468. The standard InChI is InChI=1S/C21H17ClFNO4S/c22-15-3-6-19-17(9-15)14(12-29-19)11-24(20(26)10-18(25)21(27)28)8-7-13-1-4-16(23)5-2-13/h1-6,9-10,12,25H,7-8,11H2,(H,27,28)/b18-10-. The van der Waals surface area contributed by atoms with Crippen LogP contribution in [0.1, 0.15) is 11.1 Å². The number of rotatable bonds is 7. The normalized spacial score (nSPS) is 11.6. The molecule has 3 aromatic rings. The molecule has 0 saturated heterocycles. The van der Waals surface area contributed by atoms with Gasteiger partial charge in [0.2, 0.25) is 5.76 Å². The number of aliphatic hydroxyl groups is 1. The molecule has 1 amide bonds. The van der Waals surface area contributed by atoms with Crippen molar-refractivity contribution in [2.75, 3.05) is 6.54 Å². The van der Waals surface area contributed by atoms with E-state index >= 15 is 0 Å². The molecular weight excluding hydrogens is 417 g/mol. The van der Waals surface area contributed by atoms with Crippen molar-refractivity contribution in [3.63, 3.8) is 0 Å². The molecule has 1 heterocycles. The van der Waals surface area contributed by atoms with Gasteiger partial charge < -0.3 is 15.1 Å². The van der Waals surface area contributed by atoms with Crippen molar-refractivity contribution < 1.29 is 24.2 Å². The maximum Gasteiger partial charge on any atom is 0.371 e. The van der Waals surface area contributed by atoms with Crippen LogP contribution in [0.4, 0.5) is 4.39 Å². The van der Waals surface area contributed by atoms with Gasteiger partial charge in [0.25, 0.3) is 5.91 Å². The van der Waals surface area contributed by atoms with Crippen LogP contribution >= 0.6 is 22.9 Å². The highest BCUT2D eigenvalue weighted by Gasteiger charge is 2.17. The summed E-state index contributed by atoms with van der Waals surface area (Å²) in [5.41, 5.74) is 1.69. The van der Waals surface area contributed by atoms with Gasteiger partial charge in [0.05, 0.1) is 6.08 Å². The SMILES string of the molecule is O=C(O)/C(O)=C/C(=O)N(CCc1ccc(F)cc1)Cc1csc2ccc(Cl)cc12. The molecule has 0 atom stereocenters. The fourth-order valence-corrected chi connectivity index (χ4v) is 3.94. The van der Waals surface area contributed by atoms with Gasteiger partial charge in [-0.15, -0.1) is 11.3 Å². The fourth-order valence-electron chi connectivity index (χ4n) is 2.83. The topological polar surface area (TPSA) is 77.8 Å². The van der Waals surface area contributed by atoms with Crippen molar-refractivity contribution in [2.24, 2.45) is 0 Å². The summed E-state index contributed by atoms with van der Waals surface area (Å²) in [6, 6.07) is 11.4. The van der Waals surface area contributed by atoms with Crippen molar-refractivity contribution in [1.82, 2.24) is 4.90 Å². The maximum absolute atomic E-state index is 13.1. The lowest BCUT2D eigenvalue weighted by Crippen LogP contribution is -2.31. The molecule has 1 aromatic heterocycles. The largest absolute Gasteiger partial charge is 0.502 e. The Morgan fingerprint density at radius 1 is 1.14 bits per heavy atom. The van der Waals surface area contributed by atoms with E-state index in [0.717, 1.165) is 21.2 Å². The first kappa shape index (κ1) is 20.8. The molecule has 0 bridgehead atoms. The van der Waals surface area contributed by atoms with Gasteiger partial charge in [0, 0.05) is 22.8 Å². The van der Waals surface area contributed by atoms with Gasteiger partial charge in [0.15, 0.2) is 0 Å². The number of benzene rings is 2. The lowest BCUT2D eigenvalue weighted by Gasteiger charge is -2.21. The number of hydrogen-bond donors (Lipinski definition) is 2. The number of carbonyl (C=O) groups is 2. The molecule has 2 aromatic carbocycles. The number of aliphatic hydroxyl groups excluding tert-OH is 1. The lowest BCUT2D eigenvalue weighted by molar-refractivity contribution is -0.136. The molecule has 0 radical (unpaired) electrons. The summed E-state index contributed by atoms with van der Waals surface area (Å²) in [6.07, 6.45) is 1.13. The quantitative estimate of drug-likeness (QED) is 0.414. The predicted octanol–water partition coefficient (Wildman–Crippen LogP) is 4.79. The molecule has 5 nitrogen and oxygen atoms in total. The molecule has 150 valence electrons. The Balaban J connectivity index is 1.85. The molecule has 0 aliphatic rings. The van der Waals surface area contributed by atoms with Crippen LogP contribution in [-0.2, 0) is 22.6 Å². The van der Waals surface area contributed by atoms with Gasteiger partial charge in [-0.1, -0.05) is 23.7 Å². The molecule has 0 saturated carbocycles. The van der Waals surface area contributed by atoms with Gasteiger partial charge in [-0.25, -0.2) is 9.18 Å². The Bertz CT molecular complexity index is 1080. The average molecular weight is 434 g/mol. The maximum atomic E-state index is 13.1. The third kappa shape index (κ3) is 5.34. The minimum Gasteiger partial charge on any atom is -0.502 e. The van der Waals surface area contributed by atoms with Gasteiger partial charge in [-0.2, -0.15) is 0 Å². The number of carbonyl (C=O) groups excluding carboxylic acids is 1. The van der Waals surface area contributed by atoms with Crippen LogP contribution in [0.5, 0.6) is 0 Å². The zero-order chi connectivity index (χ0) is 21.0. The summed E-state index contributed by atoms with van der Waals surface area (Å²) >= 11 is 7.60. The number of halogens is 2. The number of nitrogens with zero attached hydrogens (tertiary/aromatic N) is 1. The van der Waals surface area contributed by atoms with E-state index in [1.165, 1.54) is 28.4 Å². The molecule has 0 aliphatic heterocycles. The van der Waals surface area contributed by atoms with E-state index in [2.05, 4.69) is 0 Å². The van der Waals surface area contributed by atoms with Crippen LogP contribution in [0.3, 0.4) is 0 Å². The fraction of sp³-hybridized carbons (Fsp3) is 0.143. The highest BCUT2D eigenvalue weighted by atomic mass is 35.5. The number of fused-ring (bicyclic) bond motifs is 1. The molecule has 0 fully saturated rings. The van der Waals surface area contributed by atoms with E-state index in [9.17, 15) is 19.1 Å². The third-order valence-electron chi connectivity index (χ3n) is 4.35. The van der Waals surface area contributed by atoms with E-state index in [1.807, 2.05) is 17.5 Å². The first-order chi connectivity index (χ1) is 13.8. The summed E-state index contributed by atoms with van der Waals surface area (Å²) in [5, 5.41) is 21.7. The molecule has 3 rings (SSSR count). The van der Waals surface area contributed by atoms with E-state index in [0.29, 0.717) is 17.5 Å². The number of thiophene rings is 1. The number of hydrogen-bond acceptors (Lipinski definition) is 4. The van der Waals surface area contributed by atoms with Crippen LogP contribution in [-0.4, -0.2) is 33.5 Å². The number of carboxylic acids is 1. The average Bonchev–Trinajstić information content (AvgIpc) is 3.08. The Morgan fingerprint density at radius 3 is 2.55 bits per heavy atom. The summed E-state index contributed by atoms with van der Waals surface area (Å²) in [4.78, 5) is 24.9. The third-order valence-corrected chi connectivity index (χ3v) is 5.60. The molecule has 2 N–H and O–H groups in total. The molecule has 0 aliphatic carbocycles. The zero-order valence-corrected chi connectivity index (χ0v) is 16.7. The van der Waals surface area contributed by atoms with Crippen molar-refractivity contribution in [3.05, 3.63) is 81.6 Å². The highest BCUT2D eigenvalue weighted by Crippen LogP contribution is 2.29. The van der Waals surface area contributed by atoms with Crippen molar-refractivity contribution in [1.29, 1.82) is 0 Å². The number of aliphatic carboxylic acids is 1. The van der Waals surface area contributed by atoms with E-state index in [4.69, 9.17) is 16.7 Å². The monoisotopic (exact) mass is 433 g/mol. The van der Waals surface area contributed by atoms with Crippen molar-refractivity contribution in [2.45, 2.75) is 13.0 Å². The first-order valence-electron chi connectivity index (χ1n) is 8.66. The van der Waals surface area contributed by atoms with Gasteiger partial charge >= 0.3 is 5.97 Å². The van der Waals surface area contributed by atoms with Crippen LogP contribution < -0.4 is 0 Å². The predicted molar refractivity (Wildman–Crippen MR) is 111 cm³/mol. The minimum absolute atomic E-state index is 0.212. The van der Waals surface area contributed by atoms with Gasteiger partial charge in [0.1, 0.15) is 5.82 Å². The second-order valence-corrected chi connectivity index (χ2v) is 7.72. The van der Waals surface area contributed by atoms with Gasteiger partial charge in [-0.05, 0) is 58.6 Å². The lowest BCUT2D eigenvalue weighted by atomic mass is 10.1. The van der Waals surface area contributed by atoms with Crippen molar-refractivity contribution >= 4 is 44.9 Å². The molecule has 8 heteroatoms. The first-order valence-corrected chi connectivity index (χ1v) is 9.92. The second kappa shape index (κ2) is 9.07. The van der Waals surface area contributed by atoms with Crippen LogP contribution in [0.15, 0.2) is 59.7 Å². The summed E-state index contributed by atoms with van der Waals surface area (Å²) < 4.78 is 14.1. The van der Waals surface area contributed by atoms with E-state index in [-0.39, 0.29) is 18.9 Å². The second-order valence-electron chi connectivity index (χ2n) is 6.37. The molecule has 29 heavy (non-hydrogen) atoms. The summed E-state index contributed by atoms with van der Waals surface area (Å²) in [5.74, 6) is -3.59. The number of carboxylic acid groups (broad SMARTS) is 1. The number of amides is 1. The molecular formula is C21H17ClFNO4S. The minimum atomic E-state index is -1.58. The van der Waals surface area contributed by atoms with Crippen LogP contribution in [0.2, 0.25) is 5.02 Å². The molecule has 0 spiro atoms. The smallest absolute Gasteiger partial charge is 0.371 e. The highest BCUT2D eigenvalue weighted by molar-refractivity contribution is 7.17. The zero-order valence-electron chi connectivity index (χ0n) is 15.1. The van der Waals surface area contributed by atoms with E-state index < -0.39 is 17.6 Å². The Labute approximate surface area is 175 Å². The van der Waals surface area contributed by atoms with Crippen LogP contribution in [0.25, 0.3) is 10.1 Å². The van der Waals surface area contributed by atoms with E-state index in [1.54, 1.807) is 18.2 Å². The Morgan fingerprint density at radius 2 is 1.86 bits per heavy atom.